The SMILES string of the molecule is Cc1cccc(C(=O)NC[C@@H](c2cccnc2)N2CCOCC2)c1C. The zero-order valence-corrected chi connectivity index (χ0v) is 14.9. The summed E-state index contributed by atoms with van der Waals surface area (Å²) in [7, 11) is 0. The number of benzene rings is 1. The van der Waals surface area contributed by atoms with E-state index in [4.69, 9.17) is 4.74 Å². The molecule has 1 amide bonds. The highest BCUT2D eigenvalue weighted by atomic mass is 16.5. The van der Waals surface area contributed by atoms with E-state index in [1.165, 1.54) is 0 Å². The Kier molecular flexibility index (Phi) is 5.79. The average molecular weight is 339 g/mol. The first-order chi connectivity index (χ1) is 12.2. The lowest BCUT2D eigenvalue weighted by Gasteiger charge is -2.34. The van der Waals surface area contributed by atoms with Gasteiger partial charge in [0.2, 0.25) is 0 Å². The van der Waals surface area contributed by atoms with Gasteiger partial charge in [-0.25, -0.2) is 0 Å². The number of nitrogens with one attached hydrogen (secondary N) is 1. The molecule has 132 valence electrons. The van der Waals surface area contributed by atoms with E-state index in [0.29, 0.717) is 6.54 Å². The van der Waals surface area contributed by atoms with E-state index in [1.54, 1.807) is 6.20 Å². The Balaban J connectivity index is 1.74. The summed E-state index contributed by atoms with van der Waals surface area (Å²) < 4.78 is 5.46. The Labute approximate surface area is 149 Å². The van der Waals surface area contributed by atoms with Gasteiger partial charge in [-0.2, -0.15) is 0 Å². The van der Waals surface area contributed by atoms with Crippen molar-refractivity contribution in [3.05, 3.63) is 65.0 Å². The van der Waals surface area contributed by atoms with Crippen LogP contribution >= 0.6 is 0 Å². The minimum atomic E-state index is -0.0247. The molecule has 1 saturated heterocycles. The Morgan fingerprint density at radius 2 is 2.04 bits per heavy atom. The van der Waals surface area contributed by atoms with Crippen LogP contribution in [0.25, 0.3) is 0 Å². The normalized spacial score (nSPS) is 16.4. The molecule has 5 heteroatoms. The Morgan fingerprint density at radius 1 is 1.24 bits per heavy atom. The van der Waals surface area contributed by atoms with Crippen LogP contribution in [-0.4, -0.2) is 48.6 Å². The maximum absolute atomic E-state index is 12.7. The van der Waals surface area contributed by atoms with Crippen LogP contribution in [0.15, 0.2) is 42.7 Å². The van der Waals surface area contributed by atoms with Crippen LogP contribution in [0.2, 0.25) is 0 Å². The minimum absolute atomic E-state index is 0.0247. The molecule has 0 unspecified atom stereocenters. The summed E-state index contributed by atoms with van der Waals surface area (Å²) in [5.41, 5.74) is 4.02. The summed E-state index contributed by atoms with van der Waals surface area (Å²) in [5.74, 6) is -0.0247. The van der Waals surface area contributed by atoms with Crippen molar-refractivity contribution in [3.8, 4) is 0 Å². The molecule has 1 aromatic heterocycles. The molecule has 1 aliphatic rings. The largest absolute Gasteiger partial charge is 0.379 e. The number of aryl methyl sites for hydroxylation is 1. The second-order valence-corrected chi connectivity index (χ2v) is 6.41. The van der Waals surface area contributed by atoms with Crippen molar-refractivity contribution in [1.29, 1.82) is 0 Å². The van der Waals surface area contributed by atoms with Gasteiger partial charge >= 0.3 is 0 Å². The third-order valence-corrected chi connectivity index (χ3v) is 4.86. The predicted octanol–water partition coefficient (Wildman–Crippen LogP) is 2.50. The van der Waals surface area contributed by atoms with Crippen LogP contribution in [0.4, 0.5) is 0 Å². The summed E-state index contributed by atoms with van der Waals surface area (Å²) in [6, 6.07) is 9.94. The van der Waals surface area contributed by atoms with E-state index in [2.05, 4.69) is 21.3 Å². The number of morpholine rings is 1. The van der Waals surface area contributed by atoms with Crippen LogP contribution in [0.5, 0.6) is 0 Å². The highest BCUT2D eigenvalue weighted by Gasteiger charge is 2.23. The van der Waals surface area contributed by atoms with Gasteiger partial charge in [-0.05, 0) is 42.7 Å². The van der Waals surface area contributed by atoms with Crippen molar-refractivity contribution in [2.75, 3.05) is 32.8 Å². The summed E-state index contributed by atoms with van der Waals surface area (Å²) in [5, 5.41) is 3.11. The number of pyridine rings is 1. The Morgan fingerprint density at radius 3 is 2.76 bits per heavy atom. The number of carbonyl (C=O) groups excluding carboxylic acids is 1. The molecule has 0 spiro atoms. The van der Waals surface area contributed by atoms with Crippen molar-refractivity contribution in [1.82, 2.24) is 15.2 Å². The maximum Gasteiger partial charge on any atom is 0.251 e. The first-order valence-corrected chi connectivity index (χ1v) is 8.73. The van der Waals surface area contributed by atoms with Gasteiger partial charge < -0.3 is 10.1 Å². The second kappa shape index (κ2) is 8.23. The number of ether oxygens (including phenoxy) is 1. The topological polar surface area (TPSA) is 54.5 Å². The third-order valence-electron chi connectivity index (χ3n) is 4.86. The molecule has 2 aromatic rings. The van der Waals surface area contributed by atoms with Gasteiger partial charge in [-0.15, -0.1) is 0 Å². The van der Waals surface area contributed by atoms with Gasteiger partial charge in [0.15, 0.2) is 0 Å². The first-order valence-electron chi connectivity index (χ1n) is 8.73. The molecule has 1 atom stereocenters. The monoisotopic (exact) mass is 339 g/mol. The fraction of sp³-hybridized carbons (Fsp3) is 0.400. The van der Waals surface area contributed by atoms with E-state index in [-0.39, 0.29) is 11.9 Å². The number of nitrogens with zero attached hydrogens (tertiary/aromatic N) is 2. The number of rotatable bonds is 5. The standard InChI is InChI=1S/C20H25N3O2/c1-15-5-3-7-18(16(15)2)20(24)22-14-19(17-6-4-8-21-13-17)23-9-11-25-12-10-23/h3-8,13,19H,9-12,14H2,1-2H3,(H,22,24)/t19-/m0/s1. The lowest BCUT2D eigenvalue weighted by molar-refractivity contribution is 0.0161. The number of aromatic nitrogens is 1. The molecule has 1 fully saturated rings. The number of hydrogen-bond acceptors (Lipinski definition) is 4. The molecular formula is C20H25N3O2. The molecule has 1 aliphatic heterocycles. The van der Waals surface area contributed by atoms with E-state index < -0.39 is 0 Å². The zero-order valence-electron chi connectivity index (χ0n) is 14.9. The van der Waals surface area contributed by atoms with E-state index in [9.17, 15) is 4.79 Å². The molecule has 1 N–H and O–H groups in total. The van der Waals surface area contributed by atoms with E-state index >= 15 is 0 Å². The molecule has 0 aliphatic carbocycles. The Hall–Kier alpha value is -2.24. The number of carbonyl (C=O) groups is 1. The fourth-order valence-corrected chi connectivity index (χ4v) is 3.20. The van der Waals surface area contributed by atoms with Crippen molar-refractivity contribution in [3.63, 3.8) is 0 Å². The Bertz CT molecular complexity index is 712. The number of hydrogen-bond donors (Lipinski definition) is 1. The van der Waals surface area contributed by atoms with Gasteiger partial charge in [0, 0.05) is 37.6 Å². The zero-order chi connectivity index (χ0) is 17.6. The van der Waals surface area contributed by atoms with Crippen molar-refractivity contribution in [2.24, 2.45) is 0 Å². The molecule has 0 radical (unpaired) electrons. The lowest BCUT2D eigenvalue weighted by Crippen LogP contribution is -2.44. The highest BCUT2D eigenvalue weighted by Crippen LogP contribution is 2.21. The summed E-state index contributed by atoms with van der Waals surface area (Å²) in [6.45, 7) is 7.74. The van der Waals surface area contributed by atoms with Crippen LogP contribution in [0.1, 0.15) is 33.1 Å². The summed E-state index contributed by atoms with van der Waals surface area (Å²) >= 11 is 0. The highest BCUT2D eigenvalue weighted by molar-refractivity contribution is 5.95. The van der Waals surface area contributed by atoms with Gasteiger partial charge in [-0.1, -0.05) is 18.2 Å². The van der Waals surface area contributed by atoms with Crippen molar-refractivity contribution < 1.29 is 9.53 Å². The molecule has 3 rings (SSSR count). The maximum atomic E-state index is 12.7. The molecular weight excluding hydrogens is 314 g/mol. The molecule has 0 saturated carbocycles. The van der Waals surface area contributed by atoms with Crippen molar-refractivity contribution in [2.45, 2.75) is 19.9 Å². The van der Waals surface area contributed by atoms with E-state index in [1.807, 2.05) is 44.3 Å². The minimum Gasteiger partial charge on any atom is -0.379 e. The molecule has 1 aromatic carbocycles. The molecule has 0 bridgehead atoms. The lowest BCUT2D eigenvalue weighted by atomic mass is 10.0. The molecule has 5 nitrogen and oxygen atoms in total. The summed E-state index contributed by atoms with van der Waals surface area (Å²) in [4.78, 5) is 19.3. The third kappa shape index (κ3) is 4.24. The van der Waals surface area contributed by atoms with Gasteiger partial charge in [0.1, 0.15) is 0 Å². The first kappa shape index (κ1) is 17.6. The van der Waals surface area contributed by atoms with Crippen LogP contribution in [0, 0.1) is 13.8 Å². The van der Waals surface area contributed by atoms with E-state index in [0.717, 1.165) is 48.6 Å². The summed E-state index contributed by atoms with van der Waals surface area (Å²) in [6.07, 6.45) is 3.65. The van der Waals surface area contributed by atoms with Crippen LogP contribution < -0.4 is 5.32 Å². The average Bonchev–Trinajstić information content (AvgIpc) is 2.66. The van der Waals surface area contributed by atoms with Gasteiger partial charge in [-0.3, -0.25) is 14.7 Å². The quantitative estimate of drug-likeness (QED) is 0.909. The predicted molar refractivity (Wildman–Crippen MR) is 97.6 cm³/mol. The second-order valence-electron chi connectivity index (χ2n) is 6.41. The van der Waals surface area contributed by atoms with Crippen LogP contribution in [-0.2, 0) is 4.74 Å². The van der Waals surface area contributed by atoms with Crippen molar-refractivity contribution >= 4 is 5.91 Å². The smallest absolute Gasteiger partial charge is 0.251 e. The van der Waals surface area contributed by atoms with Gasteiger partial charge in [0.05, 0.1) is 19.3 Å². The fourth-order valence-electron chi connectivity index (χ4n) is 3.20. The van der Waals surface area contributed by atoms with Gasteiger partial charge in [0.25, 0.3) is 5.91 Å². The molecule has 25 heavy (non-hydrogen) atoms. The molecule has 2 heterocycles. The number of amides is 1. The van der Waals surface area contributed by atoms with Crippen LogP contribution in [0.3, 0.4) is 0 Å².